The number of anilines is 1. The molecule has 142 valence electrons. The SMILES string of the molecule is COc1ccc(-c2cc3nc(C)cc(N4CCN(C)CC4)n3n2)cc1OC. The average Bonchev–Trinajstić information content (AvgIpc) is 3.11. The Balaban J connectivity index is 1.77. The van der Waals surface area contributed by atoms with Gasteiger partial charge in [-0.25, -0.2) is 4.98 Å². The van der Waals surface area contributed by atoms with Gasteiger partial charge in [0.2, 0.25) is 0 Å². The largest absolute Gasteiger partial charge is 0.493 e. The summed E-state index contributed by atoms with van der Waals surface area (Å²) in [6.45, 7) is 6.10. The van der Waals surface area contributed by atoms with Crippen LogP contribution in [0.3, 0.4) is 0 Å². The Hall–Kier alpha value is -2.80. The molecule has 1 saturated heterocycles. The summed E-state index contributed by atoms with van der Waals surface area (Å²) in [5, 5.41) is 4.85. The van der Waals surface area contributed by atoms with Crippen molar-refractivity contribution in [2.24, 2.45) is 0 Å². The standard InChI is InChI=1S/C20H25N5O2/c1-14-11-20(24-9-7-23(2)8-10-24)25-19(21-14)13-16(22-25)15-5-6-17(26-3)18(12-15)27-4/h5-6,11-13H,7-10H2,1-4H3. The van der Waals surface area contributed by atoms with Gasteiger partial charge in [-0.05, 0) is 32.2 Å². The number of fused-ring (bicyclic) bond motifs is 1. The molecule has 2 aromatic heterocycles. The Morgan fingerprint density at radius 2 is 1.67 bits per heavy atom. The van der Waals surface area contributed by atoms with Gasteiger partial charge in [0.05, 0.1) is 19.9 Å². The minimum atomic E-state index is 0.690. The number of piperazine rings is 1. The van der Waals surface area contributed by atoms with E-state index in [-0.39, 0.29) is 0 Å². The molecule has 0 saturated carbocycles. The number of ether oxygens (including phenoxy) is 2. The van der Waals surface area contributed by atoms with Crippen LogP contribution in [0.25, 0.3) is 16.9 Å². The summed E-state index contributed by atoms with van der Waals surface area (Å²) in [5.74, 6) is 2.49. The quantitative estimate of drug-likeness (QED) is 0.706. The lowest BCUT2D eigenvalue weighted by Gasteiger charge is -2.34. The molecule has 0 atom stereocenters. The van der Waals surface area contributed by atoms with Crippen LogP contribution in [0.5, 0.6) is 11.5 Å². The maximum atomic E-state index is 5.43. The van der Waals surface area contributed by atoms with E-state index in [1.54, 1.807) is 14.2 Å². The average molecular weight is 367 g/mol. The third-order valence-corrected chi connectivity index (χ3v) is 5.04. The van der Waals surface area contributed by atoms with E-state index in [9.17, 15) is 0 Å². The minimum absolute atomic E-state index is 0.690. The zero-order valence-electron chi connectivity index (χ0n) is 16.3. The molecule has 0 bridgehead atoms. The van der Waals surface area contributed by atoms with Gasteiger partial charge in [0, 0.05) is 49.6 Å². The summed E-state index contributed by atoms with van der Waals surface area (Å²) in [4.78, 5) is 9.41. The number of aryl methyl sites for hydroxylation is 1. The third-order valence-electron chi connectivity index (χ3n) is 5.04. The molecule has 3 heterocycles. The van der Waals surface area contributed by atoms with Crippen LogP contribution < -0.4 is 14.4 Å². The number of rotatable bonds is 4. The molecule has 0 unspecified atom stereocenters. The predicted molar refractivity (Wildman–Crippen MR) is 106 cm³/mol. The van der Waals surface area contributed by atoms with Crippen molar-refractivity contribution in [2.45, 2.75) is 6.92 Å². The molecule has 1 aliphatic heterocycles. The summed E-state index contributed by atoms with van der Waals surface area (Å²) in [7, 11) is 5.44. The molecule has 0 aliphatic carbocycles. The van der Waals surface area contributed by atoms with Gasteiger partial charge in [-0.15, -0.1) is 0 Å². The van der Waals surface area contributed by atoms with E-state index in [1.807, 2.05) is 35.7 Å². The van der Waals surface area contributed by atoms with Crippen LogP contribution in [-0.2, 0) is 0 Å². The van der Waals surface area contributed by atoms with Gasteiger partial charge in [0.15, 0.2) is 17.1 Å². The molecule has 0 radical (unpaired) electrons. The molecule has 7 nitrogen and oxygen atoms in total. The third kappa shape index (κ3) is 3.30. The zero-order valence-corrected chi connectivity index (χ0v) is 16.3. The van der Waals surface area contributed by atoms with Crippen molar-refractivity contribution >= 4 is 11.5 Å². The Labute approximate surface area is 159 Å². The first kappa shape index (κ1) is 17.6. The van der Waals surface area contributed by atoms with Gasteiger partial charge in [-0.2, -0.15) is 9.61 Å². The van der Waals surface area contributed by atoms with E-state index in [0.717, 1.165) is 54.6 Å². The lowest BCUT2D eigenvalue weighted by atomic mass is 10.1. The van der Waals surface area contributed by atoms with E-state index in [0.29, 0.717) is 11.5 Å². The summed E-state index contributed by atoms with van der Waals surface area (Å²) in [6.07, 6.45) is 0. The second-order valence-corrected chi connectivity index (χ2v) is 6.92. The number of likely N-dealkylation sites (N-methyl/N-ethyl adjacent to an activating group) is 1. The van der Waals surface area contributed by atoms with E-state index in [4.69, 9.17) is 14.6 Å². The first-order valence-corrected chi connectivity index (χ1v) is 9.12. The normalized spacial score (nSPS) is 15.3. The van der Waals surface area contributed by atoms with Crippen molar-refractivity contribution in [3.63, 3.8) is 0 Å². The number of benzene rings is 1. The van der Waals surface area contributed by atoms with E-state index < -0.39 is 0 Å². The number of nitrogens with zero attached hydrogens (tertiary/aromatic N) is 5. The molecule has 0 amide bonds. The number of hydrogen-bond acceptors (Lipinski definition) is 6. The summed E-state index contributed by atoms with van der Waals surface area (Å²) >= 11 is 0. The lowest BCUT2D eigenvalue weighted by Crippen LogP contribution is -2.45. The molecule has 27 heavy (non-hydrogen) atoms. The fourth-order valence-corrected chi connectivity index (χ4v) is 3.48. The Kier molecular flexibility index (Phi) is 4.61. The smallest absolute Gasteiger partial charge is 0.161 e. The Bertz CT molecular complexity index is 960. The maximum absolute atomic E-state index is 5.43. The van der Waals surface area contributed by atoms with E-state index in [1.165, 1.54) is 0 Å². The fourth-order valence-electron chi connectivity index (χ4n) is 3.48. The van der Waals surface area contributed by atoms with Gasteiger partial charge in [-0.3, -0.25) is 0 Å². The van der Waals surface area contributed by atoms with Gasteiger partial charge in [-0.1, -0.05) is 0 Å². The first-order chi connectivity index (χ1) is 13.1. The first-order valence-electron chi connectivity index (χ1n) is 9.12. The summed E-state index contributed by atoms with van der Waals surface area (Å²) in [6, 6.07) is 9.98. The second-order valence-electron chi connectivity index (χ2n) is 6.92. The molecule has 1 aliphatic rings. The van der Waals surface area contributed by atoms with Crippen molar-refractivity contribution in [3.8, 4) is 22.8 Å². The number of hydrogen-bond donors (Lipinski definition) is 0. The van der Waals surface area contributed by atoms with Gasteiger partial charge >= 0.3 is 0 Å². The molecule has 0 N–H and O–H groups in total. The number of methoxy groups -OCH3 is 2. The monoisotopic (exact) mass is 367 g/mol. The molecule has 3 aromatic rings. The Morgan fingerprint density at radius 3 is 2.37 bits per heavy atom. The molecular weight excluding hydrogens is 342 g/mol. The van der Waals surface area contributed by atoms with Crippen molar-refractivity contribution < 1.29 is 9.47 Å². The van der Waals surface area contributed by atoms with Gasteiger partial charge < -0.3 is 19.3 Å². The topological polar surface area (TPSA) is 55.1 Å². The zero-order chi connectivity index (χ0) is 19.0. The Morgan fingerprint density at radius 1 is 0.926 bits per heavy atom. The highest BCUT2D eigenvalue weighted by Gasteiger charge is 2.19. The van der Waals surface area contributed by atoms with Crippen LogP contribution in [0.15, 0.2) is 30.3 Å². The van der Waals surface area contributed by atoms with Gasteiger partial charge in [0.1, 0.15) is 5.82 Å². The molecule has 1 aromatic carbocycles. The highest BCUT2D eigenvalue weighted by molar-refractivity contribution is 5.68. The summed E-state index contributed by atoms with van der Waals surface area (Å²) < 4.78 is 12.7. The van der Waals surface area contributed by atoms with E-state index >= 15 is 0 Å². The fraction of sp³-hybridized carbons (Fsp3) is 0.400. The molecule has 4 rings (SSSR count). The van der Waals surface area contributed by atoms with Crippen molar-refractivity contribution in [1.82, 2.24) is 19.5 Å². The van der Waals surface area contributed by atoms with E-state index in [2.05, 4.69) is 27.9 Å². The second kappa shape index (κ2) is 7.08. The molecule has 7 heteroatoms. The van der Waals surface area contributed by atoms with Crippen molar-refractivity contribution in [1.29, 1.82) is 0 Å². The maximum Gasteiger partial charge on any atom is 0.161 e. The van der Waals surface area contributed by atoms with Crippen LogP contribution in [0.2, 0.25) is 0 Å². The van der Waals surface area contributed by atoms with Crippen LogP contribution in [-0.4, -0.2) is 66.9 Å². The van der Waals surface area contributed by atoms with Crippen LogP contribution in [0.1, 0.15) is 5.69 Å². The van der Waals surface area contributed by atoms with Crippen LogP contribution >= 0.6 is 0 Å². The highest BCUT2D eigenvalue weighted by atomic mass is 16.5. The van der Waals surface area contributed by atoms with Crippen LogP contribution in [0, 0.1) is 6.92 Å². The van der Waals surface area contributed by atoms with Crippen molar-refractivity contribution in [2.75, 3.05) is 52.3 Å². The van der Waals surface area contributed by atoms with Gasteiger partial charge in [0.25, 0.3) is 0 Å². The molecule has 0 spiro atoms. The molecular formula is C20H25N5O2. The predicted octanol–water partition coefficient (Wildman–Crippen LogP) is 2.47. The minimum Gasteiger partial charge on any atom is -0.493 e. The highest BCUT2D eigenvalue weighted by Crippen LogP contribution is 2.32. The number of aromatic nitrogens is 3. The molecule has 1 fully saturated rings. The van der Waals surface area contributed by atoms with Crippen LogP contribution in [0.4, 0.5) is 5.82 Å². The van der Waals surface area contributed by atoms with Crippen molar-refractivity contribution in [3.05, 3.63) is 36.0 Å². The summed E-state index contributed by atoms with van der Waals surface area (Å²) in [5.41, 5.74) is 3.69. The lowest BCUT2D eigenvalue weighted by molar-refractivity contribution is 0.311.